The van der Waals surface area contributed by atoms with Crippen LogP contribution < -0.4 is 9.47 Å². The Bertz CT molecular complexity index is 660. The molecule has 0 spiro atoms. The largest absolute Gasteiger partial charge is 0.491 e. The van der Waals surface area contributed by atoms with Crippen LogP contribution >= 0.6 is 31.9 Å². The third-order valence-corrected chi connectivity index (χ3v) is 4.08. The minimum Gasteiger partial charge on any atom is -0.491 e. The molecule has 0 aromatic heterocycles. The van der Waals surface area contributed by atoms with Crippen molar-refractivity contribution in [2.24, 2.45) is 0 Å². The molecule has 0 atom stereocenters. The van der Waals surface area contributed by atoms with E-state index in [0.29, 0.717) is 30.3 Å². The molecule has 0 bridgehead atoms. The highest BCUT2D eigenvalue weighted by atomic mass is 79.9. The molecule has 0 radical (unpaired) electrons. The molecule has 0 saturated carbocycles. The van der Waals surface area contributed by atoms with Crippen LogP contribution in [0.5, 0.6) is 11.5 Å². The van der Waals surface area contributed by atoms with E-state index in [1.165, 1.54) is 0 Å². The second-order valence-electron chi connectivity index (χ2n) is 4.79. The van der Waals surface area contributed by atoms with Gasteiger partial charge in [0.25, 0.3) is 0 Å². The van der Waals surface area contributed by atoms with E-state index in [1.54, 1.807) is 31.4 Å². The predicted molar refractivity (Wildman–Crippen MR) is 95.4 cm³/mol. The second kappa shape index (κ2) is 8.47. The first-order chi connectivity index (χ1) is 11.0. The van der Waals surface area contributed by atoms with Crippen molar-refractivity contribution in [3.05, 3.63) is 56.5 Å². The normalized spacial score (nSPS) is 10.4. The lowest BCUT2D eigenvalue weighted by Crippen LogP contribution is -2.10. The van der Waals surface area contributed by atoms with Gasteiger partial charge >= 0.3 is 5.97 Å². The number of hydrogen-bond donors (Lipinski definition) is 0. The molecule has 0 heterocycles. The summed E-state index contributed by atoms with van der Waals surface area (Å²) in [5, 5.41) is 0. The van der Waals surface area contributed by atoms with Gasteiger partial charge in [-0.3, -0.25) is 0 Å². The zero-order valence-corrected chi connectivity index (χ0v) is 15.9. The number of carbonyl (C=O) groups excluding carboxylic acids is 1. The average molecular weight is 444 g/mol. The molecule has 0 aliphatic rings. The van der Waals surface area contributed by atoms with Crippen LogP contribution in [0.25, 0.3) is 0 Å². The maximum Gasteiger partial charge on any atom is 0.343 e. The van der Waals surface area contributed by atoms with E-state index >= 15 is 0 Å². The van der Waals surface area contributed by atoms with Gasteiger partial charge < -0.3 is 14.2 Å². The third-order valence-electron chi connectivity index (χ3n) is 3.04. The van der Waals surface area contributed by atoms with Gasteiger partial charge in [0.2, 0.25) is 0 Å². The topological polar surface area (TPSA) is 44.8 Å². The monoisotopic (exact) mass is 442 g/mol. The van der Waals surface area contributed by atoms with Crippen LogP contribution in [-0.4, -0.2) is 26.3 Å². The number of ether oxygens (including phenoxy) is 3. The molecular weight excluding hydrogens is 428 g/mol. The Kier molecular flexibility index (Phi) is 6.62. The molecule has 0 aliphatic heterocycles. The van der Waals surface area contributed by atoms with Crippen molar-refractivity contribution < 1.29 is 19.0 Å². The van der Waals surface area contributed by atoms with Gasteiger partial charge in [0.1, 0.15) is 18.1 Å². The Morgan fingerprint density at radius 2 is 1.78 bits per heavy atom. The summed E-state index contributed by atoms with van der Waals surface area (Å²) in [6, 6.07) is 10.5. The Morgan fingerprint density at radius 1 is 1.09 bits per heavy atom. The molecule has 0 unspecified atom stereocenters. The number of halogens is 2. The molecule has 2 aromatic rings. The SMILES string of the molecule is COCCOc1ccc(C(=O)Oc2c(C)cc(Br)cc2Br)cc1. The van der Waals surface area contributed by atoms with E-state index in [4.69, 9.17) is 14.2 Å². The first-order valence-electron chi connectivity index (χ1n) is 6.91. The predicted octanol–water partition coefficient (Wildman–Crippen LogP) is 4.76. The van der Waals surface area contributed by atoms with Crippen molar-refractivity contribution in [1.29, 1.82) is 0 Å². The number of aryl methyl sites for hydroxylation is 1. The van der Waals surface area contributed by atoms with Crippen LogP contribution in [0.1, 0.15) is 15.9 Å². The summed E-state index contributed by atoms with van der Waals surface area (Å²) in [6.07, 6.45) is 0. The number of carbonyl (C=O) groups is 1. The van der Waals surface area contributed by atoms with Crippen LogP contribution in [0.15, 0.2) is 45.3 Å². The number of hydrogen-bond acceptors (Lipinski definition) is 4. The lowest BCUT2D eigenvalue weighted by molar-refractivity contribution is 0.0732. The van der Waals surface area contributed by atoms with Crippen molar-refractivity contribution in [2.75, 3.05) is 20.3 Å². The van der Waals surface area contributed by atoms with Gasteiger partial charge in [-0.2, -0.15) is 0 Å². The summed E-state index contributed by atoms with van der Waals surface area (Å²) >= 11 is 6.81. The Hall–Kier alpha value is -1.37. The van der Waals surface area contributed by atoms with Crippen LogP contribution in [0.2, 0.25) is 0 Å². The van der Waals surface area contributed by atoms with E-state index in [0.717, 1.165) is 14.5 Å². The molecule has 0 N–H and O–H groups in total. The molecule has 0 aliphatic carbocycles. The molecule has 0 amide bonds. The van der Waals surface area contributed by atoms with Crippen LogP contribution in [0.3, 0.4) is 0 Å². The van der Waals surface area contributed by atoms with Crippen LogP contribution in [0.4, 0.5) is 0 Å². The Balaban J connectivity index is 2.06. The molecule has 0 fully saturated rings. The lowest BCUT2D eigenvalue weighted by Gasteiger charge is -2.11. The number of methoxy groups -OCH3 is 1. The van der Waals surface area contributed by atoms with Crippen molar-refractivity contribution in [1.82, 2.24) is 0 Å². The summed E-state index contributed by atoms with van der Waals surface area (Å²) in [5.41, 5.74) is 1.32. The van der Waals surface area contributed by atoms with Gasteiger partial charge in [0, 0.05) is 11.6 Å². The minimum atomic E-state index is -0.417. The number of benzene rings is 2. The van der Waals surface area contributed by atoms with Gasteiger partial charge in [-0.15, -0.1) is 0 Å². The fourth-order valence-corrected chi connectivity index (χ4v) is 3.42. The smallest absolute Gasteiger partial charge is 0.343 e. The highest BCUT2D eigenvalue weighted by Gasteiger charge is 2.14. The third kappa shape index (κ3) is 5.06. The summed E-state index contributed by atoms with van der Waals surface area (Å²) < 4.78 is 17.5. The maximum absolute atomic E-state index is 12.3. The van der Waals surface area contributed by atoms with Crippen molar-refractivity contribution in [3.8, 4) is 11.5 Å². The van der Waals surface area contributed by atoms with E-state index in [1.807, 2.05) is 19.1 Å². The molecule has 23 heavy (non-hydrogen) atoms. The summed E-state index contributed by atoms with van der Waals surface area (Å²) in [4.78, 5) is 12.3. The maximum atomic E-state index is 12.3. The summed E-state index contributed by atoms with van der Waals surface area (Å²) in [5.74, 6) is 0.776. The highest BCUT2D eigenvalue weighted by molar-refractivity contribution is 9.11. The van der Waals surface area contributed by atoms with E-state index < -0.39 is 5.97 Å². The lowest BCUT2D eigenvalue weighted by atomic mass is 10.2. The fourth-order valence-electron chi connectivity index (χ4n) is 1.90. The van der Waals surface area contributed by atoms with E-state index in [9.17, 15) is 4.79 Å². The zero-order valence-electron chi connectivity index (χ0n) is 12.8. The van der Waals surface area contributed by atoms with Gasteiger partial charge in [-0.05, 0) is 64.8 Å². The summed E-state index contributed by atoms with van der Waals surface area (Å²) in [6.45, 7) is 2.86. The first kappa shape index (κ1) is 18.0. The summed E-state index contributed by atoms with van der Waals surface area (Å²) in [7, 11) is 1.62. The number of esters is 1. The zero-order chi connectivity index (χ0) is 16.8. The Labute approximate surface area is 152 Å². The molecule has 0 saturated heterocycles. The quantitative estimate of drug-likeness (QED) is 0.366. The first-order valence-corrected chi connectivity index (χ1v) is 8.49. The van der Waals surface area contributed by atoms with Crippen molar-refractivity contribution >= 4 is 37.8 Å². The van der Waals surface area contributed by atoms with E-state index in [2.05, 4.69) is 31.9 Å². The van der Waals surface area contributed by atoms with Gasteiger partial charge in [-0.25, -0.2) is 4.79 Å². The second-order valence-corrected chi connectivity index (χ2v) is 6.56. The minimum absolute atomic E-state index is 0.417. The van der Waals surface area contributed by atoms with Gasteiger partial charge in [0.05, 0.1) is 16.6 Å². The standard InChI is InChI=1S/C17H16Br2O4/c1-11-9-13(18)10-15(19)16(11)23-17(20)12-3-5-14(6-4-12)22-8-7-21-2/h3-6,9-10H,7-8H2,1-2H3. The number of rotatable bonds is 6. The van der Waals surface area contributed by atoms with Gasteiger partial charge in [0.15, 0.2) is 0 Å². The molecule has 4 nitrogen and oxygen atoms in total. The van der Waals surface area contributed by atoms with Crippen molar-refractivity contribution in [2.45, 2.75) is 6.92 Å². The van der Waals surface area contributed by atoms with Crippen LogP contribution in [-0.2, 0) is 4.74 Å². The van der Waals surface area contributed by atoms with E-state index in [-0.39, 0.29) is 0 Å². The highest BCUT2D eigenvalue weighted by Crippen LogP contribution is 2.33. The van der Waals surface area contributed by atoms with Crippen molar-refractivity contribution in [3.63, 3.8) is 0 Å². The molecule has 2 rings (SSSR count). The molecule has 6 heteroatoms. The molecule has 122 valence electrons. The van der Waals surface area contributed by atoms with Gasteiger partial charge in [-0.1, -0.05) is 15.9 Å². The molecular formula is C17H16Br2O4. The average Bonchev–Trinajstić information content (AvgIpc) is 2.51. The van der Waals surface area contributed by atoms with Crippen LogP contribution in [0, 0.1) is 6.92 Å². The Morgan fingerprint density at radius 3 is 2.39 bits per heavy atom. The fraction of sp³-hybridized carbons (Fsp3) is 0.235. The molecule has 2 aromatic carbocycles.